The number of hydrogen-bond donors (Lipinski definition) is 2. The molecule has 0 saturated heterocycles. The second-order valence-corrected chi connectivity index (χ2v) is 8.73. The molecule has 0 aliphatic rings. The number of fused-ring (bicyclic) bond motifs is 2. The second-order valence-electron chi connectivity index (χ2n) is 8.73. The molecule has 0 unspecified atom stereocenters. The first-order valence-corrected chi connectivity index (χ1v) is 11.8. The highest BCUT2D eigenvalue weighted by atomic mass is 16.3. The molecule has 0 heterocycles. The van der Waals surface area contributed by atoms with Crippen molar-refractivity contribution in [1.82, 2.24) is 0 Å². The molecule has 2 N–H and O–H groups in total. The summed E-state index contributed by atoms with van der Waals surface area (Å²) < 4.78 is 0. The van der Waals surface area contributed by atoms with Gasteiger partial charge in [0, 0.05) is 22.9 Å². The van der Waals surface area contributed by atoms with Crippen LogP contribution in [0.3, 0.4) is 0 Å². The first-order chi connectivity index (χ1) is 17.7. The number of para-hydroxylation sites is 2. The van der Waals surface area contributed by atoms with Crippen LogP contribution in [0.15, 0.2) is 126 Å². The van der Waals surface area contributed by atoms with Crippen LogP contribution in [-0.4, -0.2) is 16.4 Å². The van der Waals surface area contributed by atoms with E-state index < -0.39 is 0 Å². The van der Waals surface area contributed by atoms with Crippen molar-refractivity contribution >= 4 is 33.4 Å². The van der Waals surface area contributed by atoms with Gasteiger partial charge in [-0.1, -0.05) is 103 Å². The number of hydrogen-bond acceptors (Lipinski definition) is 3. The molecule has 0 saturated carbocycles. The van der Waals surface area contributed by atoms with E-state index in [9.17, 15) is 10.2 Å². The molecule has 0 fully saturated rings. The Kier molecular flexibility index (Phi) is 5.44. The van der Waals surface area contributed by atoms with E-state index in [1.165, 1.54) is 0 Å². The average molecular weight is 466 g/mol. The molecule has 6 aromatic carbocycles. The fourth-order valence-corrected chi connectivity index (χ4v) is 4.82. The van der Waals surface area contributed by atoms with E-state index in [1.54, 1.807) is 24.4 Å². The summed E-state index contributed by atoms with van der Waals surface area (Å²) in [5.41, 5.74) is 4.90. The first-order valence-electron chi connectivity index (χ1n) is 11.8. The van der Waals surface area contributed by atoms with Crippen molar-refractivity contribution in [2.24, 2.45) is 4.99 Å². The van der Waals surface area contributed by atoms with Gasteiger partial charge in [-0.25, -0.2) is 0 Å². The third-order valence-electron chi connectivity index (χ3n) is 6.54. The second kappa shape index (κ2) is 9.05. The van der Waals surface area contributed by atoms with E-state index in [2.05, 4.69) is 41.4 Å². The standard InChI is InChI=1S/C33H23NO2/c35-30-17-9-8-16-29(30)34-21-25-20-24-13-5-7-15-27(24)32(33(25)36)31-26-14-6-4-12-23(26)18-19-28(31)22-10-2-1-3-11-22/h1-21,35-36H. The minimum Gasteiger partial charge on any atom is -0.507 e. The Hall–Kier alpha value is -4.89. The summed E-state index contributed by atoms with van der Waals surface area (Å²) in [6.07, 6.45) is 1.62. The number of nitrogens with zero attached hydrogens (tertiary/aromatic N) is 1. The van der Waals surface area contributed by atoms with E-state index in [0.717, 1.165) is 43.8 Å². The van der Waals surface area contributed by atoms with E-state index >= 15 is 0 Å². The van der Waals surface area contributed by atoms with Gasteiger partial charge in [-0.15, -0.1) is 0 Å². The molecule has 0 atom stereocenters. The molecule has 3 heteroatoms. The predicted molar refractivity (Wildman–Crippen MR) is 149 cm³/mol. The van der Waals surface area contributed by atoms with Gasteiger partial charge in [0.15, 0.2) is 0 Å². The molecule has 0 aromatic heterocycles. The van der Waals surface area contributed by atoms with Crippen LogP contribution >= 0.6 is 0 Å². The molecule has 0 spiro atoms. The van der Waals surface area contributed by atoms with Crippen molar-refractivity contribution in [1.29, 1.82) is 0 Å². The van der Waals surface area contributed by atoms with Crippen molar-refractivity contribution in [3.05, 3.63) is 127 Å². The highest BCUT2D eigenvalue weighted by Gasteiger charge is 2.20. The lowest BCUT2D eigenvalue weighted by Crippen LogP contribution is -1.93. The lowest BCUT2D eigenvalue weighted by Gasteiger charge is -2.18. The molecular weight excluding hydrogens is 442 g/mol. The van der Waals surface area contributed by atoms with Crippen molar-refractivity contribution in [2.45, 2.75) is 0 Å². The Morgan fingerprint density at radius 1 is 0.556 bits per heavy atom. The topological polar surface area (TPSA) is 52.8 Å². The van der Waals surface area contributed by atoms with E-state index in [4.69, 9.17) is 0 Å². The quantitative estimate of drug-likeness (QED) is 0.256. The highest BCUT2D eigenvalue weighted by Crippen LogP contribution is 2.46. The average Bonchev–Trinajstić information content (AvgIpc) is 2.93. The molecule has 36 heavy (non-hydrogen) atoms. The summed E-state index contributed by atoms with van der Waals surface area (Å²) in [5, 5.41) is 26.1. The molecule has 0 aliphatic heterocycles. The van der Waals surface area contributed by atoms with Gasteiger partial charge in [0.25, 0.3) is 0 Å². The first kappa shape index (κ1) is 21.6. The molecule has 0 radical (unpaired) electrons. The van der Waals surface area contributed by atoms with Gasteiger partial charge in [0.05, 0.1) is 0 Å². The maximum Gasteiger partial charge on any atom is 0.141 e. The SMILES string of the molecule is Oc1ccccc1N=Cc1cc2ccccc2c(-c2c(-c3ccccc3)ccc3ccccc23)c1O. The minimum absolute atomic E-state index is 0.0923. The summed E-state index contributed by atoms with van der Waals surface area (Å²) in [4.78, 5) is 4.49. The molecule has 0 aliphatic carbocycles. The summed E-state index contributed by atoms with van der Waals surface area (Å²) in [6.45, 7) is 0. The smallest absolute Gasteiger partial charge is 0.141 e. The van der Waals surface area contributed by atoms with Crippen molar-refractivity contribution in [3.63, 3.8) is 0 Å². The number of phenolic OH excluding ortho intramolecular Hbond substituents is 2. The van der Waals surface area contributed by atoms with Gasteiger partial charge in [-0.05, 0) is 50.9 Å². The number of aromatic hydroxyl groups is 2. The van der Waals surface area contributed by atoms with Gasteiger partial charge >= 0.3 is 0 Å². The van der Waals surface area contributed by atoms with E-state index in [1.807, 2.05) is 66.7 Å². The third kappa shape index (κ3) is 3.77. The molecule has 3 nitrogen and oxygen atoms in total. The van der Waals surface area contributed by atoms with Crippen LogP contribution in [0.5, 0.6) is 11.5 Å². The predicted octanol–water partition coefficient (Wildman–Crippen LogP) is 8.49. The highest BCUT2D eigenvalue weighted by molar-refractivity contribution is 6.14. The third-order valence-corrected chi connectivity index (χ3v) is 6.54. The zero-order valence-electron chi connectivity index (χ0n) is 19.5. The zero-order valence-corrected chi connectivity index (χ0v) is 19.5. The largest absolute Gasteiger partial charge is 0.507 e. The van der Waals surface area contributed by atoms with Crippen LogP contribution in [0.4, 0.5) is 5.69 Å². The molecule has 6 rings (SSSR count). The van der Waals surface area contributed by atoms with Crippen LogP contribution in [-0.2, 0) is 0 Å². The number of aliphatic imine (C=N–C) groups is 1. The summed E-state index contributed by atoms with van der Waals surface area (Å²) in [5.74, 6) is 0.246. The summed E-state index contributed by atoms with van der Waals surface area (Å²) >= 11 is 0. The number of rotatable bonds is 4. The van der Waals surface area contributed by atoms with Crippen LogP contribution in [0.1, 0.15) is 5.56 Å². The number of phenols is 2. The Morgan fingerprint density at radius 3 is 1.97 bits per heavy atom. The van der Waals surface area contributed by atoms with Gasteiger partial charge in [-0.2, -0.15) is 0 Å². The van der Waals surface area contributed by atoms with Gasteiger partial charge < -0.3 is 10.2 Å². The number of benzene rings is 6. The van der Waals surface area contributed by atoms with Crippen LogP contribution in [0.25, 0.3) is 43.8 Å². The maximum atomic E-state index is 11.8. The van der Waals surface area contributed by atoms with E-state index in [0.29, 0.717) is 11.3 Å². The Balaban J connectivity index is 1.69. The van der Waals surface area contributed by atoms with Gasteiger partial charge in [0.2, 0.25) is 0 Å². The Morgan fingerprint density at radius 2 is 1.19 bits per heavy atom. The monoisotopic (exact) mass is 465 g/mol. The lowest BCUT2D eigenvalue weighted by atomic mass is 9.86. The fraction of sp³-hybridized carbons (Fsp3) is 0. The molecule has 6 aromatic rings. The maximum absolute atomic E-state index is 11.8. The van der Waals surface area contributed by atoms with Crippen molar-refractivity contribution < 1.29 is 10.2 Å². The fourth-order valence-electron chi connectivity index (χ4n) is 4.82. The van der Waals surface area contributed by atoms with Crippen molar-refractivity contribution in [3.8, 4) is 33.8 Å². The normalized spacial score (nSPS) is 11.4. The minimum atomic E-state index is 0.0923. The Bertz CT molecular complexity index is 1750. The Labute approximate surface area is 209 Å². The summed E-state index contributed by atoms with van der Waals surface area (Å²) in [6, 6.07) is 39.7. The zero-order chi connectivity index (χ0) is 24.5. The van der Waals surface area contributed by atoms with Crippen LogP contribution in [0.2, 0.25) is 0 Å². The van der Waals surface area contributed by atoms with Crippen LogP contribution < -0.4 is 0 Å². The molecule has 0 bridgehead atoms. The molecule has 172 valence electrons. The van der Waals surface area contributed by atoms with Crippen LogP contribution in [0, 0.1) is 0 Å². The molecule has 0 amide bonds. The summed E-state index contributed by atoms with van der Waals surface area (Å²) in [7, 11) is 0. The van der Waals surface area contributed by atoms with E-state index in [-0.39, 0.29) is 11.5 Å². The van der Waals surface area contributed by atoms with Gasteiger partial charge in [0.1, 0.15) is 17.2 Å². The molecular formula is C33H23NO2. The lowest BCUT2D eigenvalue weighted by molar-refractivity contribution is 0.476. The van der Waals surface area contributed by atoms with Gasteiger partial charge in [-0.3, -0.25) is 4.99 Å². The van der Waals surface area contributed by atoms with Crippen molar-refractivity contribution in [2.75, 3.05) is 0 Å².